The van der Waals surface area contributed by atoms with Gasteiger partial charge in [-0.2, -0.15) is 0 Å². The molecule has 76 valence electrons. The van der Waals surface area contributed by atoms with E-state index in [2.05, 4.69) is 15.9 Å². The molecule has 3 heteroatoms. The topological polar surface area (TPSA) is 18.5 Å². The zero-order valence-corrected chi connectivity index (χ0v) is 9.66. The van der Waals surface area contributed by atoms with E-state index in [1.807, 2.05) is 36.4 Å². The van der Waals surface area contributed by atoms with Gasteiger partial charge in [0, 0.05) is 11.6 Å². The zero-order chi connectivity index (χ0) is 10.2. The van der Waals surface area contributed by atoms with E-state index in [0.29, 0.717) is 13.2 Å². The average molecular weight is 257 g/mol. The van der Waals surface area contributed by atoms with Crippen LogP contribution in [0.5, 0.6) is 5.75 Å². The van der Waals surface area contributed by atoms with Gasteiger partial charge in [0.15, 0.2) is 0 Å². The van der Waals surface area contributed by atoms with Crippen LogP contribution >= 0.6 is 15.9 Å². The van der Waals surface area contributed by atoms with Crippen LogP contribution in [0.15, 0.2) is 40.9 Å². The first-order valence-electron chi connectivity index (χ1n) is 4.35. The normalized spacial score (nSPS) is 10.7. The quantitative estimate of drug-likeness (QED) is 0.755. The van der Waals surface area contributed by atoms with Gasteiger partial charge in [0.25, 0.3) is 0 Å². The molecule has 0 fully saturated rings. The number of hydrogen-bond acceptors (Lipinski definition) is 2. The second-order valence-electron chi connectivity index (χ2n) is 2.69. The van der Waals surface area contributed by atoms with Crippen molar-refractivity contribution in [1.82, 2.24) is 0 Å². The largest absolute Gasteiger partial charge is 0.490 e. The first kappa shape index (κ1) is 11.3. The molecule has 0 radical (unpaired) electrons. The summed E-state index contributed by atoms with van der Waals surface area (Å²) in [5.74, 6) is 0.871. The number of rotatable bonds is 5. The molecule has 0 saturated heterocycles. The van der Waals surface area contributed by atoms with E-state index < -0.39 is 0 Å². The average Bonchev–Trinajstić information content (AvgIpc) is 2.21. The standard InChI is InChI=1S/C11H13BrO2/c1-13-8-2-3-9-14-11-6-4-10(12)5-7-11/h2-7H,8-9H2,1H3/b3-2+. The van der Waals surface area contributed by atoms with E-state index in [-0.39, 0.29) is 0 Å². The Labute approximate surface area is 92.7 Å². The lowest BCUT2D eigenvalue weighted by atomic mass is 10.3. The summed E-state index contributed by atoms with van der Waals surface area (Å²) in [4.78, 5) is 0. The van der Waals surface area contributed by atoms with Crippen LogP contribution in [0.3, 0.4) is 0 Å². The lowest BCUT2D eigenvalue weighted by molar-refractivity contribution is 0.233. The maximum absolute atomic E-state index is 5.44. The highest BCUT2D eigenvalue weighted by atomic mass is 79.9. The van der Waals surface area contributed by atoms with Crippen LogP contribution in [0.25, 0.3) is 0 Å². The Balaban J connectivity index is 2.28. The van der Waals surface area contributed by atoms with E-state index >= 15 is 0 Å². The van der Waals surface area contributed by atoms with Crippen LogP contribution in [0.2, 0.25) is 0 Å². The first-order valence-corrected chi connectivity index (χ1v) is 5.14. The Bertz CT molecular complexity index is 280. The van der Waals surface area contributed by atoms with Crippen molar-refractivity contribution in [3.63, 3.8) is 0 Å². The molecule has 0 aliphatic rings. The van der Waals surface area contributed by atoms with Crippen LogP contribution in [0, 0.1) is 0 Å². The maximum atomic E-state index is 5.44. The van der Waals surface area contributed by atoms with Crippen LogP contribution in [0.1, 0.15) is 0 Å². The fourth-order valence-corrected chi connectivity index (χ4v) is 1.17. The predicted molar refractivity (Wildman–Crippen MR) is 60.7 cm³/mol. The maximum Gasteiger partial charge on any atom is 0.119 e. The van der Waals surface area contributed by atoms with E-state index in [9.17, 15) is 0 Å². The lowest BCUT2D eigenvalue weighted by Gasteiger charge is -2.02. The fraction of sp³-hybridized carbons (Fsp3) is 0.273. The second kappa shape index (κ2) is 6.62. The molecule has 0 amide bonds. The highest BCUT2D eigenvalue weighted by molar-refractivity contribution is 9.10. The molecule has 14 heavy (non-hydrogen) atoms. The number of ether oxygens (including phenoxy) is 2. The van der Waals surface area contributed by atoms with Gasteiger partial charge in [-0.1, -0.05) is 22.0 Å². The van der Waals surface area contributed by atoms with Gasteiger partial charge in [-0.25, -0.2) is 0 Å². The molecule has 0 heterocycles. The Morgan fingerprint density at radius 1 is 1.14 bits per heavy atom. The highest BCUT2D eigenvalue weighted by Crippen LogP contribution is 2.15. The van der Waals surface area contributed by atoms with Crippen molar-refractivity contribution in [2.24, 2.45) is 0 Å². The van der Waals surface area contributed by atoms with Gasteiger partial charge >= 0.3 is 0 Å². The second-order valence-corrected chi connectivity index (χ2v) is 3.61. The van der Waals surface area contributed by atoms with Crippen LogP contribution in [-0.4, -0.2) is 20.3 Å². The fourth-order valence-electron chi connectivity index (χ4n) is 0.907. The third kappa shape index (κ3) is 4.44. The molecule has 0 bridgehead atoms. The lowest BCUT2D eigenvalue weighted by Crippen LogP contribution is -1.93. The molecule has 0 aromatic heterocycles. The van der Waals surface area contributed by atoms with E-state index in [1.54, 1.807) is 7.11 Å². The summed E-state index contributed by atoms with van der Waals surface area (Å²) in [6.07, 6.45) is 3.87. The highest BCUT2D eigenvalue weighted by Gasteiger charge is 1.90. The van der Waals surface area contributed by atoms with Gasteiger partial charge in [0.1, 0.15) is 12.4 Å². The van der Waals surface area contributed by atoms with Crippen LogP contribution in [-0.2, 0) is 4.74 Å². The molecular weight excluding hydrogens is 244 g/mol. The molecular formula is C11H13BrO2. The van der Waals surface area contributed by atoms with Gasteiger partial charge in [0.2, 0.25) is 0 Å². The van der Waals surface area contributed by atoms with Gasteiger partial charge in [-0.15, -0.1) is 0 Å². The molecule has 0 spiro atoms. The third-order valence-corrected chi connectivity index (χ3v) is 2.12. The first-order chi connectivity index (χ1) is 6.83. The summed E-state index contributed by atoms with van der Waals surface area (Å²) in [6, 6.07) is 7.75. The Morgan fingerprint density at radius 3 is 2.43 bits per heavy atom. The Morgan fingerprint density at radius 2 is 1.79 bits per heavy atom. The molecule has 0 aliphatic heterocycles. The van der Waals surface area contributed by atoms with Gasteiger partial charge in [0.05, 0.1) is 6.61 Å². The number of hydrogen-bond donors (Lipinski definition) is 0. The van der Waals surface area contributed by atoms with Crippen molar-refractivity contribution < 1.29 is 9.47 Å². The summed E-state index contributed by atoms with van der Waals surface area (Å²) in [5.41, 5.74) is 0. The molecule has 1 rings (SSSR count). The Kier molecular flexibility index (Phi) is 5.33. The summed E-state index contributed by atoms with van der Waals surface area (Å²) in [5, 5.41) is 0. The summed E-state index contributed by atoms with van der Waals surface area (Å²) < 4.78 is 11.4. The molecule has 0 aliphatic carbocycles. The minimum absolute atomic E-state index is 0.574. The van der Waals surface area contributed by atoms with Crippen molar-refractivity contribution in [2.45, 2.75) is 0 Å². The van der Waals surface area contributed by atoms with Crippen LogP contribution in [0.4, 0.5) is 0 Å². The van der Waals surface area contributed by atoms with Crippen LogP contribution < -0.4 is 4.74 Å². The Hall–Kier alpha value is -0.800. The SMILES string of the molecule is COC/C=C/COc1ccc(Br)cc1. The minimum Gasteiger partial charge on any atom is -0.490 e. The molecule has 1 aromatic rings. The molecule has 1 aromatic carbocycles. The number of methoxy groups -OCH3 is 1. The summed E-state index contributed by atoms with van der Waals surface area (Å²) in [7, 11) is 1.67. The van der Waals surface area contributed by atoms with Gasteiger partial charge < -0.3 is 9.47 Å². The minimum atomic E-state index is 0.574. The monoisotopic (exact) mass is 256 g/mol. The van der Waals surface area contributed by atoms with E-state index in [1.165, 1.54) is 0 Å². The van der Waals surface area contributed by atoms with Crippen molar-refractivity contribution in [1.29, 1.82) is 0 Å². The third-order valence-electron chi connectivity index (χ3n) is 1.59. The van der Waals surface area contributed by atoms with Crippen molar-refractivity contribution in [2.75, 3.05) is 20.3 Å². The van der Waals surface area contributed by atoms with E-state index in [0.717, 1.165) is 10.2 Å². The summed E-state index contributed by atoms with van der Waals surface area (Å²) >= 11 is 3.36. The van der Waals surface area contributed by atoms with Gasteiger partial charge in [-0.05, 0) is 30.3 Å². The predicted octanol–water partition coefficient (Wildman–Crippen LogP) is 3.03. The molecule has 0 unspecified atom stereocenters. The van der Waals surface area contributed by atoms with Crippen molar-refractivity contribution in [3.8, 4) is 5.75 Å². The smallest absolute Gasteiger partial charge is 0.119 e. The van der Waals surface area contributed by atoms with Gasteiger partial charge in [-0.3, -0.25) is 0 Å². The number of halogens is 1. The zero-order valence-electron chi connectivity index (χ0n) is 8.07. The van der Waals surface area contributed by atoms with E-state index in [4.69, 9.17) is 9.47 Å². The number of benzene rings is 1. The summed E-state index contributed by atoms with van der Waals surface area (Å²) in [6.45, 7) is 1.20. The molecule has 0 atom stereocenters. The molecule has 0 saturated carbocycles. The molecule has 0 N–H and O–H groups in total. The molecule has 2 nitrogen and oxygen atoms in total. The van der Waals surface area contributed by atoms with Crippen molar-refractivity contribution >= 4 is 15.9 Å². The van der Waals surface area contributed by atoms with Crippen molar-refractivity contribution in [3.05, 3.63) is 40.9 Å².